The third-order valence-corrected chi connectivity index (χ3v) is 2.46. The molecule has 1 heterocycles. The molecule has 0 aliphatic rings. The third-order valence-electron chi connectivity index (χ3n) is 1.91. The molecule has 14 heavy (non-hydrogen) atoms. The summed E-state index contributed by atoms with van der Waals surface area (Å²) in [7, 11) is 0. The highest BCUT2D eigenvalue weighted by Gasteiger charge is 2.03. The summed E-state index contributed by atoms with van der Waals surface area (Å²) in [4.78, 5) is 8.38. The van der Waals surface area contributed by atoms with E-state index in [0.29, 0.717) is 17.0 Å². The average Bonchev–Trinajstić information content (AvgIpc) is 2.16. The number of nitrogen functional groups attached to an aromatic ring is 1. The largest absolute Gasteiger partial charge is 0.383 e. The minimum absolute atomic E-state index is 0.402. The zero-order chi connectivity index (χ0) is 10.6. The van der Waals surface area contributed by atoms with Gasteiger partial charge in [-0.05, 0) is 19.6 Å². The molecule has 0 spiro atoms. The number of anilines is 2. The van der Waals surface area contributed by atoms with Crippen molar-refractivity contribution in [2.45, 2.75) is 31.5 Å². The van der Waals surface area contributed by atoms with E-state index in [9.17, 15) is 0 Å². The SMILES string of the molecule is CCC(C)Nc1cc(N)nc(SC)n1. The maximum Gasteiger partial charge on any atom is 0.191 e. The summed E-state index contributed by atoms with van der Waals surface area (Å²) in [5.74, 6) is 1.31. The molecule has 0 radical (unpaired) electrons. The van der Waals surface area contributed by atoms with Gasteiger partial charge in [-0.15, -0.1) is 0 Å². The Kier molecular flexibility index (Phi) is 4.00. The molecule has 0 saturated carbocycles. The Morgan fingerprint density at radius 2 is 2.29 bits per heavy atom. The van der Waals surface area contributed by atoms with Gasteiger partial charge in [0, 0.05) is 12.1 Å². The highest BCUT2D eigenvalue weighted by atomic mass is 32.2. The molecule has 0 amide bonds. The fourth-order valence-electron chi connectivity index (χ4n) is 0.963. The Morgan fingerprint density at radius 3 is 2.86 bits per heavy atom. The summed E-state index contributed by atoms with van der Waals surface area (Å²) in [5, 5.41) is 3.97. The summed E-state index contributed by atoms with van der Waals surface area (Å²) >= 11 is 1.49. The molecule has 0 aromatic carbocycles. The van der Waals surface area contributed by atoms with Gasteiger partial charge in [0.1, 0.15) is 11.6 Å². The van der Waals surface area contributed by atoms with Crippen LogP contribution in [-0.4, -0.2) is 22.3 Å². The molecule has 0 aliphatic carbocycles. The predicted octanol–water partition coefficient (Wildman–Crippen LogP) is 1.99. The molecule has 1 atom stereocenters. The van der Waals surface area contributed by atoms with Crippen LogP contribution in [0.5, 0.6) is 0 Å². The second-order valence-electron chi connectivity index (χ2n) is 3.12. The van der Waals surface area contributed by atoms with Gasteiger partial charge in [-0.2, -0.15) is 0 Å². The summed E-state index contributed by atoms with van der Waals surface area (Å²) in [6.45, 7) is 4.23. The van der Waals surface area contributed by atoms with Crippen molar-refractivity contribution in [2.75, 3.05) is 17.3 Å². The van der Waals surface area contributed by atoms with Gasteiger partial charge in [0.2, 0.25) is 0 Å². The molecule has 1 aromatic heterocycles. The quantitative estimate of drug-likeness (QED) is 0.590. The van der Waals surface area contributed by atoms with Gasteiger partial charge in [-0.1, -0.05) is 18.7 Å². The van der Waals surface area contributed by atoms with Crippen LogP contribution in [-0.2, 0) is 0 Å². The lowest BCUT2D eigenvalue weighted by Crippen LogP contribution is -2.15. The monoisotopic (exact) mass is 212 g/mol. The molecule has 0 saturated heterocycles. The Bertz CT molecular complexity index is 303. The number of nitrogens with zero attached hydrogens (tertiary/aromatic N) is 2. The average molecular weight is 212 g/mol. The van der Waals surface area contributed by atoms with Crippen molar-refractivity contribution in [3.05, 3.63) is 6.07 Å². The standard InChI is InChI=1S/C9H16N4S/c1-4-6(2)11-8-5-7(10)12-9(13-8)14-3/h5-6H,4H2,1-3H3,(H3,10,11,12,13). The number of nitrogens with two attached hydrogens (primary N) is 1. The van der Waals surface area contributed by atoms with Gasteiger partial charge >= 0.3 is 0 Å². The third kappa shape index (κ3) is 3.06. The second-order valence-corrected chi connectivity index (χ2v) is 3.89. The van der Waals surface area contributed by atoms with Crippen LogP contribution in [0.25, 0.3) is 0 Å². The van der Waals surface area contributed by atoms with Gasteiger partial charge in [0.05, 0.1) is 0 Å². The van der Waals surface area contributed by atoms with Crippen LogP contribution >= 0.6 is 11.8 Å². The van der Waals surface area contributed by atoms with Crippen LogP contribution in [0.4, 0.5) is 11.6 Å². The van der Waals surface area contributed by atoms with Gasteiger partial charge in [0.15, 0.2) is 5.16 Å². The summed E-state index contributed by atoms with van der Waals surface area (Å²) in [6, 6.07) is 2.16. The van der Waals surface area contributed by atoms with E-state index in [1.165, 1.54) is 11.8 Å². The number of thioether (sulfide) groups is 1. The van der Waals surface area contributed by atoms with E-state index in [0.717, 1.165) is 12.2 Å². The van der Waals surface area contributed by atoms with Crippen LogP contribution in [0.3, 0.4) is 0 Å². The van der Waals surface area contributed by atoms with Crippen LogP contribution in [0.2, 0.25) is 0 Å². The smallest absolute Gasteiger partial charge is 0.191 e. The lowest BCUT2D eigenvalue weighted by Gasteiger charge is -2.12. The van der Waals surface area contributed by atoms with E-state index in [1.54, 1.807) is 6.07 Å². The van der Waals surface area contributed by atoms with Crippen molar-refractivity contribution in [3.8, 4) is 0 Å². The van der Waals surface area contributed by atoms with Gasteiger partial charge < -0.3 is 11.1 Å². The molecule has 1 aromatic rings. The highest BCUT2D eigenvalue weighted by Crippen LogP contribution is 2.16. The zero-order valence-electron chi connectivity index (χ0n) is 8.74. The minimum Gasteiger partial charge on any atom is -0.383 e. The lowest BCUT2D eigenvalue weighted by molar-refractivity contribution is 0.754. The van der Waals surface area contributed by atoms with Crippen molar-refractivity contribution in [1.29, 1.82) is 0 Å². The van der Waals surface area contributed by atoms with Gasteiger partial charge in [-0.3, -0.25) is 0 Å². The first-order valence-corrected chi connectivity index (χ1v) is 5.83. The number of aromatic nitrogens is 2. The highest BCUT2D eigenvalue weighted by molar-refractivity contribution is 7.98. The Labute approximate surface area is 88.7 Å². The maximum absolute atomic E-state index is 5.65. The van der Waals surface area contributed by atoms with Crippen molar-refractivity contribution in [1.82, 2.24) is 9.97 Å². The first-order valence-electron chi connectivity index (χ1n) is 4.60. The van der Waals surface area contributed by atoms with Crippen LogP contribution in [0.15, 0.2) is 11.2 Å². The molecule has 5 heteroatoms. The number of rotatable bonds is 4. The topological polar surface area (TPSA) is 63.8 Å². The maximum atomic E-state index is 5.65. The van der Waals surface area contributed by atoms with Crippen LogP contribution in [0.1, 0.15) is 20.3 Å². The van der Waals surface area contributed by atoms with E-state index in [-0.39, 0.29) is 0 Å². The van der Waals surface area contributed by atoms with Crippen molar-refractivity contribution in [2.24, 2.45) is 0 Å². The predicted molar refractivity (Wildman–Crippen MR) is 61.6 cm³/mol. The van der Waals surface area contributed by atoms with Crippen molar-refractivity contribution >= 4 is 23.4 Å². The molecule has 4 nitrogen and oxygen atoms in total. The summed E-state index contributed by atoms with van der Waals surface area (Å²) in [6.07, 6.45) is 2.99. The molecule has 0 bridgehead atoms. The van der Waals surface area contributed by atoms with Crippen molar-refractivity contribution < 1.29 is 0 Å². The second kappa shape index (κ2) is 5.05. The van der Waals surface area contributed by atoms with Crippen LogP contribution in [0, 0.1) is 0 Å². The molecule has 78 valence electrons. The number of hydrogen-bond donors (Lipinski definition) is 2. The molecular formula is C9H16N4S. The van der Waals surface area contributed by atoms with E-state index in [4.69, 9.17) is 5.73 Å². The minimum atomic E-state index is 0.402. The first kappa shape index (κ1) is 11.1. The molecule has 1 unspecified atom stereocenters. The fraction of sp³-hybridized carbons (Fsp3) is 0.556. The Balaban J connectivity index is 2.81. The summed E-state index contributed by atoms with van der Waals surface area (Å²) in [5.41, 5.74) is 5.65. The Morgan fingerprint density at radius 1 is 1.57 bits per heavy atom. The van der Waals surface area contributed by atoms with Gasteiger partial charge in [-0.25, -0.2) is 9.97 Å². The molecule has 0 fully saturated rings. The van der Waals surface area contributed by atoms with E-state index < -0.39 is 0 Å². The van der Waals surface area contributed by atoms with E-state index >= 15 is 0 Å². The van der Waals surface area contributed by atoms with Crippen molar-refractivity contribution in [3.63, 3.8) is 0 Å². The Hall–Kier alpha value is -0.970. The van der Waals surface area contributed by atoms with E-state index in [2.05, 4.69) is 29.1 Å². The lowest BCUT2D eigenvalue weighted by atomic mass is 10.2. The normalized spacial score (nSPS) is 12.5. The molecule has 3 N–H and O–H groups in total. The number of nitrogens with one attached hydrogen (secondary N) is 1. The molecule has 0 aliphatic heterocycles. The van der Waals surface area contributed by atoms with Crippen LogP contribution < -0.4 is 11.1 Å². The molecular weight excluding hydrogens is 196 g/mol. The van der Waals surface area contributed by atoms with Gasteiger partial charge in [0.25, 0.3) is 0 Å². The number of hydrogen-bond acceptors (Lipinski definition) is 5. The fourth-order valence-corrected chi connectivity index (χ4v) is 1.35. The summed E-state index contributed by atoms with van der Waals surface area (Å²) < 4.78 is 0. The van der Waals surface area contributed by atoms with E-state index in [1.807, 2.05) is 6.26 Å². The zero-order valence-corrected chi connectivity index (χ0v) is 9.56. The molecule has 1 rings (SSSR count). The first-order chi connectivity index (χ1) is 6.65.